The molecule has 1 saturated heterocycles. The van der Waals surface area contributed by atoms with Gasteiger partial charge in [0.2, 0.25) is 5.82 Å². The van der Waals surface area contributed by atoms with Crippen molar-refractivity contribution in [2.45, 2.75) is 18.4 Å². The number of nitrogens with one attached hydrogen (secondary N) is 2. The number of hydrogen-bond acceptors (Lipinski definition) is 7. The number of rotatable bonds is 6. The molecule has 1 aliphatic heterocycles. The van der Waals surface area contributed by atoms with Crippen molar-refractivity contribution in [3.8, 4) is 6.07 Å². The van der Waals surface area contributed by atoms with Crippen molar-refractivity contribution in [2.24, 2.45) is 0 Å². The maximum absolute atomic E-state index is 11.1. The van der Waals surface area contributed by atoms with Crippen LogP contribution in [0.25, 0.3) is 0 Å². The Morgan fingerprint density at radius 2 is 2.52 bits per heavy atom. The zero-order valence-corrected chi connectivity index (χ0v) is 11.8. The summed E-state index contributed by atoms with van der Waals surface area (Å²) in [6, 6.07) is 3.15. The smallest absolute Gasteiger partial charge is 0.328 e. The Hall–Kier alpha value is -2.24. The second-order valence-corrected chi connectivity index (χ2v) is 5.02. The van der Waals surface area contributed by atoms with Gasteiger partial charge in [-0.3, -0.25) is 10.1 Å². The van der Waals surface area contributed by atoms with Crippen LogP contribution in [-0.2, 0) is 4.74 Å². The summed E-state index contributed by atoms with van der Waals surface area (Å²) < 4.78 is 5.23. The lowest BCUT2D eigenvalue weighted by Crippen LogP contribution is -2.49. The summed E-state index contributed by atoms with van der Waals surface area (Å²) in [5.41, 5.74) is -0.546. The van der Waals surface area contributed by atoms with E-state index in [1.165, 1.54) is 12.3 Å². The summed E-state index contributed by atoms with van der Waals surface area (Å²) in [5, 5.41) is 26.5. The highest BCUT2D eigenvalue weighted by atomic mass is 16.6. The molecule has 0 aliphatic carbocycles. The Balaban J connectivity index is 2.20. The van der Waals surface area contributed by atoms with Crippen LogP contribution in [0.5, 0.6) is 0 Å². The first-order valence-electron chi connectivity index (χ1n) is 6.63. The first-order valence-corrected chi connectivity index (χ1v) is 6.63. The summed E-state index contributed by atoms with van der Waals surface area (Å²) in [6.45, 7) is 1.84. The Bertz CT molecular complexity index is 563. The van der Waals surface area contributed by atoms with Crippen LogP contribution in [0, 0.1) is 21.4 Å². The number of nitro groups is 1. The minimum Gasteiger partial charge on any atom is -0.383 e. The van der Waals surface area contributed by atoms with Crippen LogP contribution in [0.15, 0.2) is 12.3 Å². The predicted octanol–water partition coefficient (Wildman–Crippen LogP) is 1.04. The molecule has 2 heterocycles. The van der Waals surface area contributed by atoms with Crippen LogP contribution in [0.2, 0.25) is 0 Å². The molecule has 1 fully saturated rings. The molecular formula is C13H17N5O3. The van der Waals surface area contributed by atoms with Crippen LogP contribution in [0.3, 0.4) is 0 Å². The Morgan fingerprint density at radius 3 is 3.10 bits per heavy atom. The number of aromatic nitrogens is 1. The number of ether oxygens (including phenoxy) is 1. The average Bonchev–Trinajstić information content (AvgIpc) is 2.93. The van der Waals surface area contributed by atoms with Gasteiger partial charge in [-0.05, 0) is 25.5 Å². The molecule has 1 unspecified atom stereocenters. The third-order valence-electron chi connectivity index (χ3n) is 3.57. The lowest BCUT2D eigenvalue weighted by Gasteiger charge is -2.29. The molecule has 8 nitrogen and oxygen atoms in total. The lowest BCUT2D eigenvalue weighted by atomic mass is 9.98. The van der Waals surface area contributed by atoms with Crippen molar-refractivity contribution in [1.82, 2.24) is 10.3 Å². The van der Waals surface area contributed by atoms with E-state index in [0.29, 0.717) is 13.2 Å². The number of nitrogens with zero attached hydrogens (tertiary/aromatic N) is 3. The van der Waals surface area contributed by atoms with E-state index in [2.05, 4.69) is 15.6 Å². The van der Waals surface area contributed by atoms with Gasteiger partial charge in [0.1, 0.15) is 11.6 Å². The monoisotopic (exact) mass is 291 g/mol. The fraction of sp³-hybridized carbons (Fsp3) is 0.538. The molecule has 1 aliphatic rings. The molecule has 0 saturated carbocycles. The Morgan fingerprint density at radius 1 is 1.71 bits per heavy atom. The second-order valence-electron chi connectivity index (χ2n) is 5.02. The van der Waals surface area contributed by atoms with E-state index in [1.807, 2.05) is 6.07 Å². The summed E-state index contributed by atoms with van der Waals surface area (Å²) in [5.74, 6) is 0.114. The molecule has 1 aromatic rings. The van der Waals surface area contributed by atoms with Gasteiger partial charge in [0, 0.05) is 19.9 Å². The topological polar surface area (TPSA) is 113 Å². The lowest BCUT2D eigenvalue weighted by molar-refractivity contribution is -0.384. The first-order chi connectivity index (χ1) is 10.1. The van der Waals surface area contributed by atoms with Crippen molar-refractivity contribution in [2.75, 3.05) is 32.1 Å². The average molecular weight is 291 g/mol. The minimum atomic E-state index is -0.584. The van der Waals surface area contributed by atoms with Gasteiger partial charge < -0.3 is 15.4 Å². The van der Waals surface area contributed by atoms with Crippen LogP contribution < -0.4 is 10.6 Å². The molecule has 0 amide bonds. The maximum atomic E-state index is 11.1. The minimum absolute atomic E-state index is 0.00215. The van der Waals surface area contributed by atoms with Crippen molar-refractivity contribution >= 4 is 11.5 Å². The van der Waals surface area contributed by atoms with E-state index < -0.39 is 4.92 Å². The highest BCUT2D eigenvalue weighted by molar-refractivity contribution is 5.64. The summed E-state index contributed by atoms with van der Waals surface area (Å²) in [7, 11) is 1.62. The van der Waals surface area contributed by atoms with Crippen LogP contribution in [-0.4, -0.2) is 42.3 Å². The first kappa shape index (κ1) is 15.2. The van der Waals surface area contributed by atoms with Gasteiger partial charge in [-0.1, -0.05) is 0 Å². The van der Waals surface area contributed by atoms with Crippen molar-refractivity contribution in [3.63, 3.8) is 0 Å². The molecule has 0 spiro atoms. The van der Waals surface area contributed by atoms with Gasteiger partial charge in [-0.25, -0.2) is 4.98 Å². The SMILES string of the molecule is COCC1(CNc2nccc(C#N)c2[N+](=O)[O-])CCCN1. The number of methoxy groups -OCH3 is 1. The fourth-order valence-corrected chi connectivity index (χ4v) is 2.58. The molecular weight excluding hydrogens is 274 g/mol. The Labute approximate surface area is 122 Å². The summed E-state index contributed by atoms with van der Waals surface area (Å²) >= 11 is 0. The van der Waals surface area contributed by atoms with E-state index in [4.69, 9.17) is 10.00 Å². The van der Waals surface area contributed by atoms with E-state index in [1.54, 1.807) is 7.11 Å². The van der Waals surface area contributed by atoms with Crippen molar-refractivity contribution < 1.29 is 9.66 Å². The third kappa shape index (κ3) is 3.26. The number of anilines is 1. The highest BCUT2D eigenvalue weighted by Crippen LogP contribution is 2.27. The van der Waals surface area contributed by atoms with Crippen molar-refractivity contribution in [1.29, 1.82) is 5.26 Å². The molecule has 2 rings (SSSR count). The van der Waals surface area contributed by atoms with Gasteiger partial charge >= 0.3 is 5.69 Å². The molecule has 0 aromatic carbocycles. The van der Waals surface area contributed by atoms with Gasteiger partial charge in [-0.2, -0.15) is 5.26 Å². The largest absolute Gasteiger partial charge is 0.383 e. The predicted molar refractivity (Wildman–Crippen MR) is 75.9 cm³/mol. The van der Waals surface area contributed by atoms with E-state index >= 15 is 0 Å². The van der Waals surface area contributed by atoms with E-state index in [0.717, 1.165) is 19.4 Å². The van der Waals surface area contributed by atoms with Crippen LogP contribution in [0.1, 0.15) is 18.4 Å². The zero-order chi connectivity index (χ0) is 15.3. The summed E-state index contributed by atoms with van der Waals surface area (Å²) in [4.78, 5) is 14.5. The van der Waals surface area contributed by atoms with Crippen LogP contribution >= 0.6 is 0 Å². The quantitative estimate of drug-likeness (QED) is 0.594. The molecule has 0 radical (unpaired) electrons. The fourth-order valence-electron chi connectivity index (χ4n) is 2.58. The van der Waals surface area contributed by atoms with E-state index in [-0.39, 0.29) is 22.6 Å². The number of hydrogen-bond donors (Lipinski definition) is 2. The molecule has 21 heavy (non-hydrogen) atoms. The van der Waals surface area contributed by atoms with E-state index in [9.17, 15) is 10.1 Å². The maximum Gasteiger partial charge on any atom is 0.328 e. The zero-order valence-electron chi connectivity index (χ0n) is 11.8. The Kier molecular flexibility index (Phi) is 4.67. The van der Waals surface area contributed by atoms with Gasteiger partial charge in [-0.15, -0.1) is 0 Å². The molecule has 1 aromatic heterocycles. The molecule has 1 atom stereocenters. The van der Waals surface area contributed by atoms with Gasteiger partial charge in [0.15, 0.2) is 0 Å². The van der Waals surface area contributed by atoms with Crippen LogP contribution in [0.4, 0.5) is 11.5 Å². The van der Waals surface area contributed by atoms with Crippen molar-refractivity contribution in [3.05, 3.63) is 27.9 Å². The molecule has 2 N–H and O–H groups in total. The molecule has 0 bridgehead atoms. The molecule has 112 valence electrons. The number of nitriles is 1. The standard InChI is InChI=1S/C13H17N5O3/c1-21-9-13(4-2-5-17-13)8-16-12-11(18(19)20)10(7-14)3-6-15-12/h3,6,17H,2,4-5,8-9H2,1H3,(H,15,16). The van der Waals surface area contributed by atoms with Gasteiger partial charge in [0.05, 0.1) is 17.1 Å². The number of pyridine rings is 1. The normalized spacial score (nSPS) is 21.0. The highest BCUT2D eigenvalue weighted by Gasteiger charge is 2.34. The second kappa shape index (κ2) is 6.47. The molecule has 8 heteroatoms. The van der Waals surface area contributed by atoms with Gasteiger partial charge in [0.25, 0.3) is 0 Å². The summed E-state index contributed by atoms with van der Waals surface area (Å²) in [6.07, 6.45) is 3.33. The third-order valence-corrected chi connectivity index (χ3v) is 3.57.